The summed E-state index contributed by atoms with van der Waals surface area (Å²) >= 11 is 2.26. The van der Waals surface area contributed by atoms with Crippen molar-refractivity contribution in [1.82, 2.24) is 29.5 Å². The highest BCUT2D eigenvalue weighted by Gasteiger charge is 2.20. The van der Waals surface area contributed by atoms with Gasteiger partial charge in [-0.05, 0) is 17.5 Å². The van der Waals surface area contributed by atoms with Crippen LogP contribution in [-0.4, -0.2) is 58.7 Å². The third-order valence-electron chi connectivity index (χ3n) is 4.72. The second-order valence-corrected chi connectivity index (χ2v) is 8.86. The summed E-state index contributed by atoms with van der Waals surface area (Å²) in [5.41, 5.74) is 1.22. The van der Waals surface area contributed by atoms with Crippen LogP contribution in [0.2, 0.25) is 0 Å². The van der Waals surface area contributed by atoms with Gasteiger partial charge >= 0.3 is 5.00 Å². The predicted octanol–water partition coefficient (Wildman–Crippen LogP) is 3.05. The third-order valence-corrected chi connectivity index (χ3v) is 6.42. The first-order valence-corrected chi connectivity index (χ1v) is 11.9. The first-order chi connectivity index (χ1) is 17.0. The van der Waals surface area contributed by atoms with Gasteiger partial charge in [0, 0.05) is 36.7 Å². The molecule has 0 saturated carbocycles. The molecule has 35 heavy (non-hydrogen) atoms. The Labute approximate surface area is 204 Å². The number of aliphatic hydroxyl groups excluding tert-OH is 1. The first kappa shape index (κ1) is 22.6. The van der Waals surface area contributed by atoms with Crippen molar-refractivity contribution in [2.45, 2.75) is 6.42 Å². The normalized spacial score (nSPS) is 11.1. The molecular weight excluding hydrogens is 496 g/mol. The minimum atomic E-state index is -0.550. The maximum Gasteiger partial charge on any atom is 0.324 e. The van der Waals surface area contributed by atoms with Crippen molar-refractivity contribution in [2.24, 2.45) is 0 Å². The highest BCUT2D eigenvalue weighted by molar-refractivity contribution is 7.17. The number of ether oxygens (including phenoxy) is 1. The number of anilines is 1. The van der Waals surface area contributed by atoms with Gasteiger partial charge in [0.25, 0.3) is 11.9 Å². The largest absolute Gasteiger partial charge is 0.477 e. The molecule has 1 amide bonds. The summed E-state index contributed by atoms with van der Waals surface area (Å²) in [6.45, 7) is 0.302. The fraction of sp³-hybridized carbons (Fsp3) is 0.150. The number of fused-ring (bicyclic) bond motifs is 1. The summed E-state index contributed by atoms with van der Waals surface area (Å²) in [7, 11) is 0. The lowest BCUT2D eigenvalue weighted by molar-refractivity contribution is -0.380. The van der Waals surface area contributed by atoms with Crippen molar-refractivity contribution >= 4 is 50.4 Å². The molecule has 178 valence electrons. The van der Waals surface area contributed by atoms with Gasteiger partial charge in [-0.25, -0.2) is 9.36 Å². The van der Waals surface area contributed by atoms with Crippen molar-refractivity contribution in [3.8, 4) is 17.5 Å². The van der Waals surface area contributed by atoms with Gasteiger partial charge in [-0.1, -0.05) is 11.3 Å². The topological polar surface area (TPSA) is 163 Å². The molecular formula is C20H16N8O5S2. The van der Waals surface area contributed by atoms with E-state index in [0.29, 0.717) is 29.9 Å². The Morgan fingerprint density at radius 2 is 2.14 bits per heavy atom. The van der Waals surface area contributed by atoms with E-state index in [1.54, 1.807) is 16.9 Å². The number of hydrogen-bond donors (Lipinski definition) is 2. The van der Waals surface area contributed by atoms with Gasteiger partial charge < -0.3 is 15.2 Å². The number of hydrogen-bond acceptors (Lipinski definition) is 11. The second kappa shape index (κ2) is 9.57. The van der Waals surface area contributed by atoms with Crippen LogP contribution in [0, 0.1) is 10.1 Å². The molecule has 5 aromatic rings. The van der Waals surface area contributed by atoms with Crippen molar-refractivity contribution in [1.29, 1.82) is 0 Å². The van der Waals surface area contributed by atoms with E-state index < -0.39 is 10.8 Å². The smallest absolute Gasteiger partial charge is 0.324 e. The molecule has 15 heteroatoms. The lowest BCUT2D eigenvalue weighted by Gasteiger charge is -2.08. The highest BCUT2D eigenvalue weighted by Crippen LogP contribution is 2.28. The Bertz CT molecular complexity index is 1510. The molecule has 0 aliphatic rings. The second-order valence-electron chi connectivity index (χ2n) is 7.02. The van der Waals surface area contributed by atoms with E-state index in [-0.39, 0.29) is 28.3 Å². The Morgan fingerprint density at radius 3 is 2.89 bits per heavy atom. The van der Waals surface area contributed by atoms with Crippen LogP contribution >= 0.6 is 22.7 Å². The van der Waals surface area contributed by atoms with Gasteiger partial charge in [0.15, 0.2) is 5.65 Å². The van der Waals surface area contributed by atoms with Gasteiger partial charge in [-0.2, -0.15) is 26.4 Å². The van der Waals surface area contributed by atoms with Gasteiger partial charge in [0.2, 0.25) is 5.88 Å². The molecule has 0 aliphatic carbocycles. The summed E-state index contributed by atoms with van der Waals surface area (Å²) in [4.78, 5) is 32.5. The zero-order chi connectivity index (χ0) is 24.4. The molecule has 0 aliphatic heterocycles. The number of aliphatic hydroxyl groups is 1. The number of rotatable bonds is 9. The van der Waals surface area contributed by atoms with Crippen LogP contribution in [0.5, 0.6) is 5.88 Å². The predicted molar refractivity (Wildman–Crippen MR) is 128 cm³/mol. The summed E-state index contributed by atoms with van der Waals surface area (Å²) < 4.78 is 8.50. The van der Waals surface area contributed by atoms with Crippen molar-refractivity contribution < 1.29 is 19.6 Å². The molecule has 2 N–H and O–H groups in total. The number of amides is 1. The van der Waals surface area contributed by atoms with Crippen molar-refractivity contribution in [2.75, 3.05) is 18.5 Å². The van der Waals surface area contributed by atoms with Gasteiger partial charge in [-0.3, -0.25) is 14.9 Å². The summed E-state index contributed by atoms with van der Waals surface area (Å²) in [6, 6.07) is 6.17. The molecule has 0 saturated heterocycles. The van der Waals surface area contributed by atoms with Crippen LogP contribution < -0.4 is 10.1 Å². The van der Waals surface area contributed by atoms with Crippen LogP contribution in [0.1, 0.15) is 16.1 Å². The minimum absolute atomic E-state index is 0.00349. The quantitative estimate of drug-likeness (QED) is 0.172. The number of thiophene rings is 2. The fourth-order valence-electron chi connectivity index (χ4n) is 3.11. The Morgan fingerprint density at radius 1 is 1.26 bits per heavy atom. The zero-order valence-corrected chi connectivity index (χ0v) is 19.4. The van der Waals surface area contributed by atoms with E-state index in [2.05, 4.69) is 25.5 Å². The molecule has 5 aromatic heterocycles. The standard InChI is InChI=1S/C20H16N8O5S2/c29-7-1-8-33-15-4-6-26(25-15)20-23-17(22-19(30)14-2-3-16(35-14)28(31)32)13-10-21-27(18(13)24-20)12-5-9-34-11-12/h2-6,9-11,29H,1,7-8H2,(H,22,23,24,30). The molecule has 0 spiro atoms. The van der Waals surface area contributed by atoms with E-state index in [1.165, 1.54) is 34.3 Å². The molecule has 0 aromatic carbocycles. The van der Waals surface area contributed by atoms with Crippen LogP contribution in [0.4, 0.5) is 10.8 Å². The number of nitrogens with zero attached hydrogens (tertiary/aromatic N) is 7. The molecule has 0 radical (unpaired) electrons. The molecule has 0 fully saturated rings. The maximum absolute atomic E-state index is 12.9. The van der Waals surface area contributed by atoms with Crippen LogP contribution in [-0.2, 0) is 0 Å². The van der Waals surface area contributed by atoms with E-state index in [0.717, 1.165) is 17.0 Å². The van der Waals surface area contributed by atoms with Crippen LogP contribution in [0.15, 0.2) is 47.4 Å². The van der Waals surface area contributed by atoms with Crippen LogP contribution in [0.3, 0.4) is 0 Å². The van der Waals surface area contributed by atoms with E-state index in [1.807, 2.05) is 16.8 Å². The van der Waals surface area contributed by atoms with Crippen molar-refractivity contribution in [3.63, 3.8) is 0 Å². The molecule has 5 heterocycles. The van der Waals surface area contributed by atoms with E-state index in [9.17, 15) is 14.9 Å². The molecule has 0 unspecified atom stereocenters. The van der Waals surface area contributed by atoms with Gasteiger partial charge in [0.05, 0.1) is 33.7 Å². The molecule has 5 rings (SSSR count). The number of nitrogens with one attached hydrogen (secondary N) is 1. The zero-order valence-electron chi connectivity index (χ0n) is 17.8. The number of carbonyl (C=O) groups excluding carboxylic acids is 1. The Balaban J connectivity index is 1.54. The summed E-state index contributed by atoms with van der Waals surface area (Å²) in [5, 5.41) is 35.5. The number of carbonyl (C=O) groups is 1. The van der Waals surface area contributed by atoms with Gasteiger partial charge in [-0.15, -0.1) is 5.10 Å². The van der Waals surface area contributed by atoms with Crippen LogP contribution in [0.25, 0.3) is 22.7 Å². The lowest BCUT2D eigenvalue weighted by Crippen LogP contribution is -2.14. The Hall–Kier alpha value is -4.21. The van der Waals surface area contributed by atoms with E-state index in [4.69, 9.17) is 9.84 Å². The lowest BCUT2D eigenvalue weighted by atomic mass is 10.3. The summed E-state index contributed by atoms with van der Waals surface area (Å²) in [6.07, 6.45) is 3.61. The fourth-order valence-corrected chi connectivity index (χ4v) is 4.45. The third kappa shape index (κ3) is 4.59. The first-order valence-electron chi connectivity index (χ1n) is 10.2. The van der Waals surface area contributed by atoms with Gasteiger partial charge in [0.1, 0.15) is 5.82 Å². The minimum Gasteiger partial charge on any atom is -0.477 e. The maximum atomic E-state index is 12.9. The van der Waals surface area contributed by atoms with E-state index >= 15 is 0 Å². The molecule has 0 bridgehead atoms. The Kier molecular flexibility index (Phi) is 6.17. The average Bonchev–Trinajstić information content (AvgIpc) is 3.65. The SMILES string of the molecule is O=C(Nc1nc(-n2ccc(OCCCO)n2)nc2c1cnn2-c1ccsc1)c1ccc([N+](=O)[O-])s1. The summed E-state index contributed by atoms with van der Waals surface area (Å²) in [5.74, 6) is 0.0977. The molecule has 0 atom stereocenters. The highest BCUT2D eigenvalue weighted by atomic mass is 32.1. The number of nitro groups is 1. The monoisotopic (exact) mass is 512 g/mol. The molecule has 13 nitrogen and oxygen atoms in total. The average molecular weight is 513 g/mol. The van der Waals surface area contributed by atoms with Crippen molar-refractivity contribution in [3.05, 3.63) is 62.4 Å². The number of aromatic nitrogens is 6.